The molecule has 1 atom stereocenters. The number of rotatable bonds is 5. The van der Waals surface area contributed by atoms with Crippen molar-refractivity contribution in [2.24, 2.45) is 0 Å². The Morgan fingerprint density at radius 1 is 1.12 bits per heavy atom. The highest BCUT2D eigenvalue weighted by molar-refractivity contribution is 5.76. The lowest BCUT2D eigenvalue weighted by molar-refractivity contribution is -0.132. The van der Waals surface area contributed by atoms with Crippen molar-refractivity contribution in [3.63, 3.8) is 0 Å². The summed E-state index contributed by atoms with van der Waals surface area (Å²) >= 11 is 0. The molecule has 0 saturated carbocycles. The highest BCUT2D eigenvalue weighted by atomic mass is 16.5. The maximum absolute atomic E-state index is 12.7. The van der Waals surface area contributed by atoms with Gasteiger partial charge in [0, 0.05) is 45.8 Å². The lowest BCUT2D eigenvalue weighted by Gasteiger charge is -2.31. The molecule has 5 nitrogen and oxygen atoms in total. The summed E-state index contributed by atoms with van der Waals surface area (Å²) in [6.45, 7) is 8.76. The first-order valence-electron chi connectivity index (χ1n) is 9.46. The Kier molecular flexibility index (Phi) is 6.84. The van der Waals surface area contributed by atoms with Gasteiger partial charge in [0.25, 0.3) is 0 Å². The third-order valence-corrected chi connectivity index (χ3v) is 5.02. The Balaban J connectivity index is 1.49. The Morgan fingerprint density at radius 2 is 1.88 bits per heavy atom. The van der Waals surface area contributed by atoms with Gasteiger partial charge in [-0.1, -0.05) is 29.8 Å². The van der Waals surface area contributed by atoms with E-state index in [2.05, 4.69) is 36.1 Å². The first-order valence-corrected chi connectivity index (χ1v) is 9.46. The molecule has 1 unspecified atom stereocenters. The van der Waals surface area contributed by atoms with Crippen molar-refractivity contribution in [1.82, 2.24) is 9.80 Å². The monoisotopic (exact) mass is 346 g/mol. The molecule has 2 saturated heterocycles. The molecular weight excluding hydrogens is 316 g/mol. The summed E-state index contributed by atoms with van der Waals surface area (Å²) in [4.78, 5) is 17.1. The Hall–Kier alpha value is -1.43. The SMILES string of the molecule is Cc1ccc(CCC(=O)N2CCCOC(CN3CCOCC3)C2)cc1. The summed E-state index contributed by atoms with van der Waals surface area (Å²) in [5, 5.41) is 0. The van der Waals surface area contributed by atoms with Gasteiger partial charge >= 0.3 is 0 Å². The normalized spacial score (nSPS) is 22.6. The number of ether oxygens (including phenoxy) is 2. The zero-order chi connectivity index (χ0) is 17.5. The number of amides is 1. The summed E-state index contributed by atoms with van der Waals surface area (Å²) < 4.78 is 11.4. The minimum Gasteiger partial charge on any atom is -0.379 e. The average molecular weight is 346 g/mol. The van der Waals surface area contributed by atoms with Gasteiger partial charge in [0.1, 0.15) is 0 Å². The van der Waals surface area contributed by atoms with E-state index in [9.17, 15) is 4.79 Å². The number of carbonyl (C=O) groups excluding carboxylic acids is 1. The van der Waals surface area contributed by atoms with Crippen molar-refractivity contribution in [2.45, 2.75) is 32.3 Å². The molecule has 0 bridgehead atoms. The van der Waals surface area contributed by atoms with Gasteiger partial charge in [0.15, 0.2) is 0 Å². The number of aryl methyl sites for hydroxylation is 2. The second-order valence-corrected chi connectivity index (χ2v) is 7.08. The smallest absolute Gasteiger partial charge is 0.222 e. The van der Waals surface area contributed by atoms with Crippen molar-refractivity contribution >= 4 is 5.91 Å². The summed E-state index contributed by atoms with van der Waals surface area (Å²) in [7, 11) is 0. The van der Waals surface area contributed by atoms with Crippen LogP contribution in [0, 0.1) is 6.92 Å². The van der Waals surface area contributed by atoms with Crippen molar-refractivity contribution in [2.75, 3.05) is 52.5 Å². The molecule has 1 amide bonds. The quantitative estimate of drug-likeness (QED) is 0.816. The molecule has 2 aliphatic rings. The van der Waals surface area contributed by atoms with Crippen LogP contribution >= 0.6 is 0 Å². The molecule has 138 valence electrons. The lowest BCUT2D eigenvalue weighted by atomic mass is 10.1. The molecule has 2 heterocycles. The van der Waals surface area contributed by atoms with Crippen LogP contribution in [0.1, 0.15) is 24.0 Å². The molecule has 0 spiro atoms. The van der Waals surface area contributed by atoms with Crippen LogP contribution in [-0.2, 0) is 20.7 Å². The molecule has 0 radical (unpaired) electrons. The van der Waals surface area contributed by atoms with E-state index in [1.165, 1.54) is 11.1 Å². The second-order valence-electron chi connectivity index (χ2n) is 7.08. The molecule has 1 aromatic carbocycles. The van der Waals surface area contributed by atoms with E-state index in [-0.39, 0.29) is 12.0 Å². The molecule has 25 heavy (non-hydrogen) atoms. The minimum absolute atomic E-state index is 0.115. The van der Waals surface area contributed by atoms with E-state index >= 15 is 0 Å². The predicted molar refractivity (Wildman–Crippen MR) is 97.7 cm³/mol. The Morgan fingerprint density at radius 3 is 2.64 bits per heavy atom. The number of hydrogen-bond donors (Lipinski definition) is 0. The molecule has 0 N–H and O–H groups in total. The maximum Gasteiger partial charge on any atom is 0.222 e. The van der Waals surface area contributed by atoms with E-state index in [0.29, 0.717) is 13.0 Å². The fraction of sp³-hybridized carbons (Fsp3) is 0.650. The summed E-state index contributed by atoms with van der Waals surface area (Å²) in [6, 6.07) is 8.46. The third kappa shape index (κ3) is 5.80. The minimum atomic E-state index is 0.115. The number of nitrogens with zero attached hydrogens (tertiary/aromatic N) is 2. The van der Waals surface area contributed by atoms with Crippen LogP contribution in [0.2, 0.25) is 0 Å². The van der Waals surface area contributed by atoms with Gasteiger partial charge in [-0.3, -0.25) is 9.69 Å². The first-order chi connectivity index (χ1) is 12.2. The van der Waals surface area contributed by atoms with Crippen LogP contribution in [-0.4, -0.2) is 74.4 Å². The van der Waals surface area contributed by atoms with Crippen LogP contribution in [0.4, 0.5) is 0 Å². The van der Waals surface area contributed by atoms with E-state index < -0.39 is 0 Å². The first kappa shape index (κ1) is 18.4. The van der Waals surface area contributed by atoms with Crippen molar-refractivity contribution in [3.05, 3.63) is 35.4 Å². The van der Waals surface area contributed by atoms with Gasteiger partial charge in [-0.05, 0) is 25.3 Å². The predicted octanol–water partition coefficient (Wildman–Crippen LogP) is 1.88. The number of hydrogen-bond acceptors (Lipinski definition) is 4. The maximum atomic E-state index is 12.7. The van der Waals surface area contributed by atoms with Crippen molar-refractivity contribution < 1.29 is 14.3 Å². The van der Waals surface area contributed by atoms with E-state index in [4.69, 9.17) is 9.47 Å². The lowest BCUT2D eigenvalue weighted by Crippen LogP contribution is -2.45. The molecule has 2 fully saturated rings. The van der Waals surface area contributed by atoms with Gasteiger partial charge in [-0.2, -0.15) is 0 Å². The fourth-order valence-electron chi connectivity index (χ4n) is 3.47. The number of carbonyl (C=O) groups is 1. The van der Waals surface area contributed by atoms with Crippen LogP contribution in [0.15, 0.2) is 24.3 Å². The van der Waals surface area contributed by atoms with Gasteiger partial charge in [-0.25, -0.2) is 0 Å². The van der Waals surface area contributed by atoms with Gasteiger partial charge in [-0.15, -0.1) is 0 Å². The molecule has 3 rings (SSSR count). The number of benzene rings is 1. The number of morpholine rings is 1. The van der Waals surface area contributed by atoms with Gasteiger partial charge < -0.3 is 14.4 Å². The van der Waals surface area contributed by atoms with Crippen molar-refractivity contribution in [3.8, 4) is 0 Å². The van der Waals surface area contributed by atoms with Gasteiger partial charge in [0.2, 0.25) is 5.91 Å². The summed E-state index contributed by atoms with van der Waals surface area (Å²) in [6.07, 6.45) is 2.43. The standard InChI is InChI=1S/C20H30N2O3/c1-17-3-5-18(6-4-17)7-8-20(23)22-9-2-12-25-19(16-22)15-21-10-13-24-14-11-21/h3-6,19H,2,7-16H2,1H3. The Labute approximate surface area is 150 Å². The zero-order valence-corrected chi connectivity index (χ0v) is 15.3. The van der Waals surface area contributed by atoms with E-state index in [0.717, 1.165) is 58.8 Å². The molecule has 0 aliphatic carbocycles. The summed E-state index contributed by atoms with van der Waals surface area (Å²) in [5.74, 6) is 0.248. The van der Waals surface area contributed by atoms with Crippen LogP contribution < -0.4 is 0 Å². The second kappa shape index (κ2) is 9.32. The topological polar surface area (TPSA) is 42.0 Å². The zero-order valence-electron chi connectivity index (χ0n) is 15.3. The molecule has 0 aromatic heterocycles. The third-order valence-electron chi connectivity index (χ3n) is 5.02. The van der Waals surface area contributed by atoms with Crippen LogP contribution in [0.5, 0.6) is 0 Å². The van der Waals surface area contributed by atoms with E-state index in [1.54, 1.807) is 0 Å². The highest BCUT2D eigenvalue weighted by Crippen LogP contribution is 2.12. The average Bonchev–Trinajstić information content (AvgIpc) is 2.87. The molecule has 1 aromatic rings. The fourth-order valence-corrected chi connectivity index (χ4v) is 3.47. The van der Waals surface area contributed by atoms with Crippen LogP contribution in [0.3, 0.4) is 0 Å². The molecular formula is C20H30N2O3. The summed E-state index contributed by atoms with van der Waals surface area (Å²) in [5.41, 5.74) is 2.49. The van der Waals surface area contributed by atoms with Gasteiger partial charge in [0.05, 0.1) is 19.3 Å². The molecule has 2 aliphatic heterocycles. The van der Waals surface area contributed by atoms with Crippen molar-refractivity contribution in [1.29, 1.82) is 0 Å². The largest absolute Gasteiger partial charge is 0.379 e. The highest BCUT2D eigenvalue weighted by Gasteiger charge is 2.24. The van der Waals surface area contributed by atoms with E-state index in [1.807, 2.05) is 4.90 Å². The van der Waals surface area contributed by atoms with Crippen LogP contribution in [0.25, 0.3) is 0 Å². The molecule has 5 heteroatoms. The Bertz CT molecular complexity index is 540.